The van der Waals surface area contributed by atoms with Gasteiger partial charge in [-0.05, 0) is 42.0 Å². The number of halogens is 2. The highest BCUT2D eigenvalue weighted by Gasteiger charge is 2.25. The molecule has 2 aromatic carbocycles. The highest BCUT2D eigenvalue weighted by atomic mass is 35.5. The first-order valence-corrected chi connectivity index (χ1v) is 8.09. The molecule has 0 radical (unpaired) electrons. The maximum absolute atomic E-state index is 6.03. The number of benzene rings is 2. The standard InChI is InChI=1S/C18H13Cl2N3/c19-13-4-1-11(2-5-13)18-15(10-21-23-18)17-7-3-12-9-14(20)6-8-16(12)22-17/h1-9,15,21H,10H2. The number of nitrogens with zero attached hydrogens (tertiary/aromatic N) is 2. The zero-order valence-electron chi connectivity index (χ0n) is 12.1. The Labute approximate surface area is 144 Å². The van der Waals surface area contributed by atoms with Gasteiger partial charge in [0.2, 0.25) is 0 Å². The van der Waals surface area contributed by atoms with E-state index in [1.54, 1.807) is 0 Å². The summed E-state index contributed by atoms with van der Waals surface area (Å²) in [6.45, 7) is 0.740. The third kappa shape index (κ3) is 2.78. The predicted octanol–water partition coefficient (Wildman–Crippen LogP) is 4.63. The minimum Gasteiger partial charge on any atom is -0.309 e. The maximum Gasteiger partial charge on any atom is 0.0784 e. The zero-order valence-corrected chi connectivity index (χ0v) is 13.6. The Morgan fingerprint density at radius 1 is 0.913 bits per heavy atom. The van der Waals surface area contributed by atoms with Gasteiger partial charge in [-0.15, -0.1) is 0 Å². The van der Waals surface area contributed by atoms with Crippen LogP contribution in [0.15, 0.2) is 59.7 Å². The molecule has 1 atom stereocenters. The second-order valence-corrected chi connectivity index (χ2v) is 6.36. The predicted molar refractivity (Wildman–Crippen MR) is 95.5 cm³/mol. The van der Waals surface area contributed by atoms with Gasteiger partial charge in [-0.1, -0.05) is 41.4 Å². The van der Waals surface area contributed by atoms with E-state index in [1.807, 2.05) is 48.5 Å². The third-order valence-electron chi connectivity index (χ3n) is 3.99. The number of hydrogen-bond donors (Lipinski definition) is 1. The molecule has 1 aliphatic rings. The number of fused-ring (bicyclic) bond motifs is 1. The summed E-state index contributed by atoms with van der Waals surface area (Å²) in [5, 5.41) is 6.93. The topological polar surface area (TPSA) is 37.3 Å². The molecule has 0 fully saturated rings. The summed E-state index contributed by atoms with van der Waals surface area (Å²) in [5.74, 6) is 0.122. The molecule has 114 valence electrons. The van der Waals surface area contributed by atoms with Gasteiger partial charge in [0.15, 0.2) is 0 Å². The molecule has 1 N–H and O–H groups in total. The van der Waals surface area contributed by atoms with Crippen molar-refractivity contribution in [3.8, 4) is 0 Å². The summed E-state index contributed by atoms with van der Waals surface area (Å²) in [7, 11) is 0. The van der Waals surface area contributed by atoms with Gasteiger partial charge in [0.1, 0.15) is 0 Å². The van der Waals surface area contributed by atoms with Crippen LogP contribution in [-0.4, -0.2) is 17.2 Å². The Balaban J connectivity index is 1.73. The molecule has 0 aliphatic carbocycles. The summed E-state index contributed by atoms with van der Waals surface area (Å²) >= 11 is 12.0. The number of hydrazone groups is 1. The number of rotatable bonds is 2. The molecule has 3 nitrogen and oxygen atoms in total. The lowest BCUT2D eigenvalue weighted by molar-refractivity contribution is 0.752. The number of hydrogen-bond acceptors (Lipinski definition) is 3. The first-order chi connectivity index (χ1) is 11.2. The van der Waals surface area contributed by atoms with Crippen molar-refractivity contribution in [2.24, 2.45) is 5.10 Å². The monoisotopic (exact) mass is 341 g/mol. The van der Waals surface area contributed by atoms with Gasteiger partial charge in [0.25, 0.3) is 0 Å². The summed E-state index contributed by atoms with van der Waals surface area (Å²) in [6, 6.07) is 17.6. The fraction of sp³-hybridized carbons (Fsp3) is 0.111. The average molecular weight is 342 g/mol. The van der Waals surface area contributed by atoms with Crippen LogP contribution in [0.25, 0.3) is 10.9 Å². The van der Waals surface area contributed by atoms with Crippen molar-refractivity contribution in [2.45, 2.75) is 5.92 Å². The van der Waals surface area contributed by atoms with Crippen molar-refractivity contribution in [1.82, 2.24) is 10.4 Å². The number of aromatic nitrogens is 1. The molecular weight excluding hydrogens is 329 g/mol. The fourth-order valence-corrected chi connectivity index (χ4v) is 3.14. The van der Waals surface area contributed by atoms with Crippen molar-refractivity contribution in [1.29, 1.82) is 0 Å². The van der Waals surface area contributed by atoms with Gasteiger partial charge in [-0.2, -0.15) is 5.10 Å². The molecule has 1 unspecified atom stereocenters. The third-order valence-corrected chi connectivity index (χ3v) is 4.48. The molecular formula is C18H13Cl2N3. The van der Waals surface area contributed by atoms with Crippen LogP contribution in [0.3, 0.4) is 0 Å². The van der Waals surface area contributed by atoms with Crippen LogP contribution < -0.4 is 5.43 Å². The van der Waals surface area contributed by atoms with Crippen LogP contribution in [0, 0.1) is 0 Å². The molecule has 0 saturated heterocycles. The van der Waals surface area contributed by atoms with E-state index in [4.69, 9.17) is 28.2 Å². The average Bonchev–Trinajstić information content (AvgIpc) is 3.04. The fourth-order valence-electron chi connectivity index (χ4n) is 2.83. The smallest absolute Gasteiger partial charge is 0.0784 e. The molecule has 4 rings (SSSR count). The molecule has 1 aromatic heterocycles. The summed E-state index contributed by atoms with van der Waals surface area (Å²) in [4.78, 5) is 4.79. The Bertz CT molecular complexity index is 904. The lowest BCUT2D eigenvalue weighted by Crippen LogP contribution is -2.16. The number of nitrogens with one attached hydrogen (secondary N) is 1. The molecule has 23 heavy (non-hydrogen) atoms. The molecule has 5 heteroatoms. The Morgan fingerprint density at radius 2 is 1.70 bits per heavy atom. The van der Waals surface area contributed by atoms with Crippen molar-refractivity contribution >= 4 is 39.8 Å². The largest absolute Gasteiger partial charge is 0.309 e. The van der Waals surface area contributed by atoms with Crippen LogP contribution in [0.2, 0.25) is 10.0 Å². The molecule has 0 spiro atoms. The Kier molecular flexibility index (Phi) is 3.68. The molecule has 0 bridgehead atoms. The van der Waals surface area contributed by atoms with E-state index in [0.29, 0.717) is 0 Å². The molecule has 0 saturated carbocycles. The van der Waals surface area contributed by atoms with Gasteiger partial charge >= 0.3 is 0 Å². The minimum atomic E-state index is 0.122. The van der Waals surface area contributed by atoms with E-state index in [-0.39, 0.29) is 5.92 Å². The molecule has 2 heterocycles. The second kappa shape index (κ2) is 5.84. The summed E-state index contributed by atoms with van der Waals surface area (Å²) in [5.41, 5.74) is 7.07. The van der Waals surface area contributed by atoms with Crippen molar-refractivity contribution in [3.05, 3.63) is 75.9 Å². The van der Waals surface area contributed by atoms with Gasteiger partial charge < -0.3 is 5.43 Å². The van der Waals surface area contributed by atoms with E-state index < -0.39 is 0 Å². The Hall–Kier alpha value is -2.10. The molecule has 0 amide bonds. The van der Waals surface area contributed by atoms with E-state index in [1.165, 1.54) is 0 Å². The quantitative estimate of drug-likeness (QED) is 0.737. The van der Waals surface area contributed by atoms with Gasteiger partial charge in [-0.3, -0.25) is 4.98 Å². The molecule has 1 aliphatic heterocycles. The SMILES string of the molecule is Clc1ccc(C2=NNCC2c2ccc3cc(Cl)ccc3n2)cc1. The van der Waals surface area contributed by atoms with Gasteiger partial charge in [-0.25, -0.2) is 0 Å². The van der Waals surface area contributed by atoms with Crippen LogP contribution in [-0.2, 0) is 0 Å². The normalized spacial score (nSPS) is 17.1. The van der Waals surface area contributed by atoms with Crippen molar-refractivity contribution < 1.29 is 0 Å². The lowest BCUT2D eigenvalue weighted by atomic mass is 9.94. The van der Waals surface area contributed by atoms with Crippen LogP contribution >= 0.6 is 23.2 Å². The minimum absolute atomic E-state index is 0.122. The van der Waals surface area contributed by atoms with Gasteiger partial charge in [0.05, 0.1) is 22.8 Å². The van der Waals surface area contributed by atoms with Crippen LogP contribution in [0.4, 0.5) is 0 Å². The van der Waals surface area contributed by atoms with E-state index in [9.17, 15) is 0 Å². The lowest BCUT2D eigenvalue weighted by Gasteiger charge is -2.12. The van der Waals surface area contributed by atoms with Gasteiger partial charge in [0, 0.05) is 22.0 Å². The summed E-state index contributed by atoms with van der Waals surface area (Å²) < 4.78 is 0. The summed E-state index contributed by atoms with van der Waals surface area (Å²) in [6.07, 6.45) is 0. The molecule has 3 aromatic rings. The maximum atomic E-state index is 6.03. The van der Waals surface area contributed by atoms with E-state index in [0.717, 1.165) is 44.5 Å². The first-order valence-electron chi connectivity index (χ1n) is 7.33. The van der Waals surface area contributed by atoms with Crippen molar-refractivity contribution in [3.63, 3.8) is 0 Å². The highest BCUT2D eigenvalue weighted by Crippen LogP contribution is 2.26. The highest BCUT2D eigenvalue weighted by molar-refractivity contribution is 6.31. The van der Waals surface area contributed by atoms with Crippen molar-refractivity contribution in [2.75, 3.05) is 6.54 Å². The second-order valence-electron chi connectivity index (χ2n) is 5.49. The van der Waals surface area contributed by atoms with E-state index in [2.05, 4.69) is 16.6 Å². The number of pyridine rings is 1. The zero-order chi connectivity index (χ0) is 15.8. The first kappa shape index (κ1) is 14.5. The van der Waals surface area contributed by atoms with Crippen LogP contribution in [0.1, 0.15) is 17.2 Å². The van der Waals surface area contributed by atoms with E-state index >= 15 is 0 Å². The van der Waals surface area contributed by atoms with Crippen LogP contribution in [0.5, 0.6) is 0 Å². The Morgan fingerprint density at radius 3 is 2.52 bits per heavy atom.